The summed E-state index contributed by atoms with van der Waals surface area (Å²) in [7, 11) is 0. The maximum atomic E-state index is 12.2. The number of thioether (sulfide) groups is 1. The van der Waals surface area contributed by atoms with Gasteiger partial charge in [-0.15, -0.1) is 0 Å². The highest BCUT2D eigenvalue weighted by atomic mass is 32.2. The largest absolute Gasteiger partial charge is 0.494 e. The lowest BCUT2D eigenvalue weighted by atomic mass is 10.1. The summed E-state index contributed by atoms with van der Waals surface area (Å²) in [6, 6.07) is 4.03. The topological polar surface area (TPSA) is 50.8 Å². The van der Waals surface area contributed by atoms with E-state index < -0.39 is 0 Å². The Morgan fingerprint density at radius 3 is 2.92 bits per heavy atom. The van der Waals surface area contributed by atoms with Crippen LogP contribution in [0.25, 0.3) is 0 Å². The SMILES string of the molecule is CCOc1cc2c(cc1CNC(=O)CSC(=S)N1CCCC1)O[C@@H](C)C2. The van der Waals surface area contributed by atoms with Crippen molar-refractivity contribution in [2.75, 3.05) is 25.4 Å². The zero-order valence-electron chi connectivity index (χ0n) is 15.4. The molecule has 1 aromatic rings. The maximum Gasteiger partial charge on any atom is 0.230 e. The Bertz CT molecular complexity index is 675. The second-order valence-corrected chi connectivity index (χ2v) is 8.27. The van der Waals surface area contributed by atoms with Crippen LogP contribution in [0.1, 0.15) is 37.8 Å². The highest BCUT2D eigenvalue weighted by Gasteiger charge is 2.22. The van der Waals surface area contributed by atoms with Crippen LogP contribution in [0.3, 0.4) is 0 Å². The molecule has 0 unspecified atom stereocenters. The number of likely N-dealkylation sites (tertiary alicyclic amines) is 1. The van der Waals surface area contributed by atoms with E-state index >= 15 is 0 Å². The summed E-state index contributed by atoms with van der Waals surface area (Å²) < 4.78 is 12.4. The first-order valence-electron chi connectivity index (χ1n) is 9.20. The Morgan fingerprint density at radius 2 is 2.19 bits per heavy atom. The third-order valence-corrected chi connectivity index (χ3v) is 6.07. The van der Waals surface area contributed by atoms with E-state index in [4.69, 9.17) is 21.7 Å². The van der Waals surface area contributed by atoms with Crippen LogP contribution < -0.4 is 14.8 Å². The molecule has 7 heteroatoms. The van der Waals surface area contributed by atoms with Gasteiger partial charge in [-0.3, -0.25) is 4.79 Å². The second kappa shape index (κ2) is 8.95. The average Bonchev–Trinajstić information content (AvgIpc) is 3.26. The number of ether oxygens (including phenoxy) is 2. The fraction of sp³-hybridized carbons (Fsp3) is 0.579. The highest BCUT2D eigenvalue weighted by Crippen LogP contribution is 2.35. The van der Waals surface area contributed by atoms with E-state index in [0.29, 0.717) is 18.9 Å². The minimum atomic E-state index is -0.0196. The van der Waals surface area contributed by atoms with Gasteiger partial charge in [-0.1, -0.05) is 24.0 Å². The van der Waals surface area contributed by atoms with Gasteiger partial charge in [0.2, 0.25) is 5.91 Å². The number of carbonyl (C=O) groups excluding carboxylic acids is 1. The lowest BCUT2D eigenvalue weighted by Crippen LogP contribution is -2.28. The van der Waals surface area contributed by atoms with Crippen molar-refractivity contribution in [2.45, 2.75) is 45.8 Å². The lowest BCUT2D eigenvalue weighted by molar-refractivity contribution is -0.118. The van der Waals surface area contributed by atoms with Crippen LogP contribution in [0.15, 0.2) is 12.1 Å². The van der Waals surface area contributed by atoms with E-state index in [1.165, 1.54) is 30.2 Å². The van der Waals surface area contributed by atoms with E-state index in [-0.39, 0.29) is 12.0 Å². The Labute approximate surface area is 164 Å². The molecule has 1 amide bonds. The molecule has 0 bridgehead atoms. The molecule has 0 aromatic heterocycles. The van der Waals surface area contributed by atoms with Gasteiger partial charge in [-0.2, -0.15) is 0 Å². The van der Waals surface area contributed by atoms with Gasteiger partial charge in [0, 0.05) is 37.2 Å². The van der Waals surface area contributed by atoms with Crippen LogP contribution in [0.2, 0.25) is 0 Å². The number of hydrogen-bond acceptors (Lipinski definition) is 5. The van der Waals surface area contributed by atoms with E-state index in [1.54, 1.807) is 0 Å². The second-order valence-electron chi connectivity index (χ2n) is 6.66. The van der Waals surface area contributed by atoms with Crippen molar-refractivity contribution in [3.63, 3.8) is 0 Å². The Balaban J connectivity index is 1.54. The summed E-state index contributed by atoms with van der Waals surface area (Å²) in [4.78, 5) is 14.4. The van der Waals surface area contributed by atoms with Crippen molar-refractivity contribution in [1.29, 1.82) is 0 Å². The molecule has 0 spiro atoms. The van der Waals surface area contributed by atoms with Gasteiger partial charge in [0.05, 0.1) is 12.4 Å². The molecule has 0 saturated carbocycles. The van der Waals surface area contributed by atoms with Gasteiger partial charge in [0.1, 0.15) is 21.9 Å². The minimum absolute atomic E-state index is 0.0196. The number of rotatable bonds is 6. The van der Waals surface area contributed by atoms with Gasteiger partial charge in [-0.25, -0.2) is 0 Å². The zero-order valence-corrected chi connectivity index (χ0v) is 17.0. The molecule has 1 atom stereocenters. The molecule has 1 fully saturated rings. The van der Waals surface area contributed by atoms with Gasteiger partial charge < -0.3 is 19.7 Å². The summed E-state index contributed by atoms with van der Waals surface area (Å²) >= 11 is 6.84. The molecule has 3 rings (SSSR count). The number of benzene rings is 1. The lowest BCUT2D eigenvalue weighted by Gasteiger charge is -2.17. The monoisotopic (exact) mass is 394 g/mol. The van der Waals surface area contributed by atoms with Crippen LogP contribution >= 0.6 is 24.0 Å². The van der Waals surface area contributed by atoms with Gasteiger partial charge in [0.25, 0.3) is 0 Å². The summed E-state index contributed by atoms with van der Waals surface area (Å²) in [5.74, 6) is 2.05. The Morgan fingerprint density at radius 1 is 1.42 bits per heavy atom. The van der Waals surface area contributed by atoms with E-state index in [2.05, 4.69) is 17.1 Å². The van der Waals surface area contributed by atoms with Crippen LogP contribution in [0.5, 0.6) is 11.5 Å². The normalized spacial score (nSPS) is 18.4. The molecular formula is C19H26N2O3S2. The molecule has 1 saturated heterocycles. The first-order chi connectivity index (χ1) is 12.6. The van der Waals surface area contributed by atoms with Crippen LogP contribution in [0.4, 0.5) is 0 Å². The molecule has 5 nitrogen and oxygen atoms in total. The summed E-state index contributed by atoms with van der Waals surface area (Å²) in [5.41, 5.74) is 2.11. The van der Waals surface area contributed by atoms with Gasteiger partial charge >= 0.3 is 0 Å². The number of amides is 1. The molecule has 0 radical (unpaired) electrons. The molecular weight excluding hydrogens is 368 g/mol. The van der Waals surface area contributed by atoms with E-state index in [9.17, 15) is 4.79 Å². The number of nitrogens with zero attached hydrogens (tertiary/aromatic N) is 1. The summed E-state index contributed by atoms with van der Waals surface area (Å²) in [5, 5.41) is 2.97. The average molecular weight is 395 g/mol. The van der Waals surface area contributed by atoms with Crippen molar-refractivity contribution < 1.29 is 14.3 Å². The predicted octanol–water partition coefficient (Wildman–Crippen LogP) is 3.14. The molecule has 2 aliphatic rings. The fourth-order valence-electron chi connectivity index (χ4n) is 3.27. The number of nitrogens with one attached hydrogen (secondary N) is 1. The van der Waals surface area contributed by atoms with Crippen molar-refractivity contribution in [3.8, 4) is 11.5 Å². The standard InChI is InChI=1S/C19H26N2O3S2/c1-3-23-16-9-14-8-13(2)24-17(14)10-15(16)11-20-18(22)12-26-19(25)21-6-4-5-7-21/h9-10,13H,3-8,11-12H2,1-2H3,(H,20,22)/t13-/m0/s1. The third kappa shape index (κ3) is 4.82. The molecule has 2 heterocycles. The van der Waals surface area contributed by atoms with E-state index in [1.807, 2.05) is 19.1 Å². The number of carbonyl (C=O) groups is 1. The van der Waals surface area contributed by atoms with Gasteiger partial charge in [0.15, 0.2) is 0 Å². The Hall–Kier alpha value is -1.47. The van der Waals surface area contributed by atoms with Crippen molar-refractivity contribution in [1.82, 2.24) is 10.2 Å². The first kappa shape index (κ1) is 19.3. The molecule has 2 aliphatic heterocycles. The molecule has 0 aliphatic carbocycles. The molecule has 1 aromatic carbocycles. The number of thiocarbonyl (C=S) groups is 1. The van der Waals surface area contributed by atoms with E-state index in [0.717, 1.165) is 40.9 Å². The summed E-state index contributed by atoms with van der Waals surface area (Å²) in [6.45, 7) is 7.07. The van der Waals surface area contributed by atoms with Gasteiger partial charge in [-0.05, 0) is 38.8 Å². The predicted molar refractivity (Wildman–Crippen MR) is 109 cm³/mol. The van der Waals surface area contributed by atoms with Crippen LogP contribution in [-0.4, -0.2) is 46.7 Å². The smallest absolute Gasteiger partial charge is 0.230 e. The highest BCUT2D eigenvalue weighted by molar-refractivity contribution is 8.23. The van der Waals surface area contributed by atoms with Crippen molar-refractivity contribution in [3.05, 3.63) is 23.3 Å². The minimum Gasteiger partial charge on any atom is -0.494 e. The van der Waals surface area contributed by atoms with Crippen molar-refractivity contribution in [2.24, 2.45) is 0 Å². The first-order valence-corrected chi connectivity index (χ1v) is 10.6. The maximum absolute atomic E-state index is 12.2. The Kier molecular flexibility index (Phi) is 6.64. The fourth-order valence-corrected chi connectivity index (χ4v) is 4.35. The molecule has 142 valence electrons. The third-order valence-electron chi connectivity index (χ3n) is 4.55. The quantitative estimate of drug-likeness (QED) is 0.748. The molecule has 26 heavy (non-hydrogen) atoms. The van der Waals surface area contributed by atoms with Crippen LogP contribution in [-0.2, 0) is 17.8 Å². The number of hydrogen-bond donors (Lipinski definition) is 1. The molecule has 1 N–H and O–H groups in total. The zero-order chi connectivity index (χ0) is 18.5. The number of fused-ring (bicyclic) bond motifs is 1. The van der Waals surface area contributed by atoms with Crippen molar-refractivity contribution >= 4 is 34.2 Å². The summed E-state index contributed by atoms with van der Waals surface area (Å²) in [6.07, 6.45) is 3.46. The van der Waals surface area contributed by atoms with Crippen LogP contribution in [0, 0.1) is 0 Å².